The van der Waals surface area contributed by atoms with Gasteiger partial charge in [0.1, 0.15) is 0 Å². The monoisotopic (exact) mass is 616 g/mol. The summed E-state index contributed by atoms with van der Waals surface area (Å²) in [7, 11) is -6.96. The Hall–Kier alpha value is -1.85. The molecule has 0 nitrogen and oxygen atoms in total. The first-order chi connectivity index (χ1) is 16.9. The average molecular weight is 616 g/mol. The largest absolute Gasteiger partial charge is 0.673 e. The zero-order valence-electron chi connectivity index (χ0n) is 19.9. The zero-order chi connectivity index (χ0) is 25.1. The molecule has 36 heavy (non-hydrogen) atoms. The van der Waals surface area contributed by atoms with Crippen LogP contribution in [-0.4, -0.2) is 12.7 Å². The maximum absolute atomic E-state index is 9.75. The van der Waals surface area contributed by atoms with Crippen LogP contribution < -0.4 is 21.2 Å². The third-order valence-corrected chi connectivity index (χ3v) is 11.8. The van der Waals surface area contributed by atoms with Crippen molar-refractivity contribution in [1.82, 2.24) is 0 Å². The minimum absolute atomic E-state index is 0. The van der Waals surface area contributed by atoms with Crippen LogP contribution in [0.25, 0.3) is 0 Å². The van der Waals surface area contributed by atoms with E-state index in [0.29, 0.717) is 5.40 Å². The molecule has 0 aliphatic rings. The van der Waals surface area contributed by atoms with Gasteiger partial charge in [0, 0.05) is 24.9 Å². The van der Waals surface area contributed by atoms with E-state index in [1.807, 2.05) is 0 Å². The Morgan fingerprint density at radius 2 is 0.750 bits per heavy atom. The van der Waals surface area contributed by atoms with Gasteiger partial charge < -0.3 is 17.3 Å². The van der Waals surface area contributed by atoms with Crippen LogP contribution in [0.2, 0.25) is 0 Å². The van der Waals surface area contributed by atoms with E-state index in [1.54, 1.807) is 0 Å². The molecule has 0 aliphatic carbocycles. The van der Waals surface area contributed by atoms with E-state index in [9.17, 15) is 17.3 Å². The molecule has 0 fully saturated rings. The van der Waals surface area contributed by atoms with E-state index in [0.717, 1.165) is 0 Å². The van der Waals surface area contributed by atoms with Crippen molar-refractivity contribution in [2.75, 3.05) is 0 Å². The molecule has 0 unspecified atom stereocenters. The molecule has 1 radical (unpaired) electrons. The Kier molecular flexibility index (Phi) is 13.0. The molecule has 191 valence electrons. The Labute approximate surface area is 226 Å². The van der Waals surface area contributed by atoms with E-state index in [4.69, 9.17) is 0 Å². The maximum atomic E-state index is 9.75. The van der Waals surface area contributed by atoms with E-state index in [1.165, 1.54) is 34.1 Å². The van der Waals surface area contributed by atoms with E-state index >= 15 is 0 Å². The predicted octanol–water partition coefficient (Wildman–Crippen LogP) is 7.68. The maximum Gasteiger partial charge on any atom is 0.673 e. The molecule has 0 saturated carbocycles. The van der Waals surface area contributed by atoms with Crippen LogP contribution in [0, 0.1) is 0 Å². The molecule has 8 heteroatoms. The summed E-state index contributed by atoms with van der Waals surface area (Å²) < 4.78 is 39.0. The van der Waals surface area contributed by atoms with Gasteiger partial charge in [-0.3, -0.25) is 0 Å². The summed E-state index contributed by atoms with van der Waals surface area (Å²) >= 11 is 0. The molecule has 0 spiro atoms. The second-order valence-corrected chi connectivity index (χ2v) is 13.0. The molecule has 0 aliphatic heterocycles. The van der Waals surface area contributed by atoms with E-state index < -0.39 is 23.1 Å². The average Bonchev–Trinajstić information content (AvgIpc) is 2.86. The topological polar surface area (TPSA) is 0 Å². The Morgan fingerprint density at radius 3 is 0.944 bits per heavy atom. The first kappa shape index (κ1) is 30.4. The molecule has 0 N–H and O–H groups in total. The first-order valence-electron chi connectivity index (χ1n) is 11.5. The molecule has 0 bridgehead atoms. The molecule has 4 rings (SSSR count). The summed E-state index contributed by atoms with van der Waals surface area (Å²) in [5.41, 5.74) is 0. The summed E-state index contributed by atoms with van der Waals surface area (Å²) in [5, 5.41) is 6.52. The van der Waals surface area contributed by atoms with Crippen molar-refractivity contribution in [2.24, 2.45) is 0 Å². The van der Waals surface area contributed by atoms with Gasteiger partial charge in [0.15, 0.2) is 0 Å². The van der Waals surface area contributed by atoms with E-state index in [2.05, 4.69) is 128 Å². The van der Waals surface area contributed by atoms with Crippen LogP contribution in [0.5, 0.6) is 0 Å². The standard InChI is InChI=1S/C28H28P2.BF4.Rh/c1-2-15-28(29(24-16-7-3-8-17-24)25-18-9-4-10-19-25)30(26-20-11-5-12-21-26)27-22-13-6-14-23-27;2-1(3,4)5;/h3-14,16-23,28H,2,15H2,1H3;;/q;-1;. The van der Waals surface area contributed by atoms with Crippen LogP contribution in [0.15, 0.2) is 121 Å². The molecular formula is C28H28BF4P2Rh-. The summed E-state index contributed by atoms with van der Waals surface area (Å²) in [6.45, 7) is 2.33. The Morgan fingerprint density at radius 1 is 0.528 bits per heavy atom. The second-order valence-electron chi connectivity index (χ2n) is 7.85. The van der Waals surface area contributed by atoms with Crippen LogP contribution in [-0.2, 0) is 19.5 Å². The number of hydrogen-bond acceptors (Lipinski definition) is 0. The van der Waals surface area contributed by atoms with Crippen molar-refractivity contribution in [3.8, 4) is 0 Å². The predicted molar refractivity (Wildman–Crippen MR) is 147 cm³/mol. The zero-order valence-corrected chi connectivity index (χ0v) is 23.3. The SMILES string of the molecule is CCCC(P(c1ccccc1)c1ccccc1)P(c1ccccc1)c1ccccc1.F[B-](F)(F)F.[Rh]. The fourth-order valence-corrected chi connectivity index (χ4v) is 11.5. The van der Waals surface area contributed by atoms with Crippen molar-refractivity contribution < 1.29 is 36.7 Å². The van der Waals surface area contributed by atoms with Crippen molar-refractivity contribution in [1.29, 1.82) is 0 Å². The smallest absolute Gasteiger partial charge is 0.418 e. The van der Waals surface area contributed by atoms with Crippen LogP contribution in [0.3, 0.4) is 0 Å². The summed E-state index contributed by atoms with van der Waals surface area (Å²) in [4.78, 5) is 0. The fraction of sp³-hybridized carbons (Fsp3) is 0.143. The van der Waals surface area contributed by atoms with Crippen molar-refractivity contribution in [3.63, 3.8) is 0 Å². The van der Waals surface area contributed by atoms with Crippen molar-refractivity contribution >= 4 is 44.3 Å². The van der Waals surface area contributed by atoms with Crippen LogP contribution in [0.4, 0.5) is 17.3 Å². The van der Waals surface area contributed by atoms with Crippen LogP contribution >= 0.6 is 15.8 Å². The third-order valence-electron chi connectivity index (χ3n) is 5.28. The van der Waals surface area contributed by atoms with Gasteiger partial charge >= 0.3 is 7.25 Å². The molecule has 4 aromatic carbocycles. The van der Waals surface area contributed by atoms with Gasteiger partial charge in [0.05, 0.1) is 0 Å². The van der Waals surface area contributed by atoms with Crippen molar-refractivity contribution in [3.05, 3.63) is 121 Å². The minimum Gasteiger partial charge on any atom is -0.418 e. The molecular weight excluding hydrogens is 588 g/mol. The molecule has 0 heterocycles. The minimum atomic E-state index is -6.00. The molecule has 0 atom stereocenters. The third kappa shape index (κ3) is 9.55. The Bertz CT molecular complexity index is 950. The van der Waals surface area contributed by atoms with Gasteiger partial charge in [-0.15, -0.1) is 0 Å². The van der Waals surface area contributed by atoms with Gasteiger partial charge in [0.2, 0.25) is 0 Å². The molecule has 0 aromatic heterocycles. The molecule has 0 amide bonds. The van der Waals surface area contributed by atoms with E-state index in [-0.39, 0.29) is 19.5 Å². The summed E-state index contributed by atoms with van der Waals surface area (Å²) in [5.74, 6) is 0. The van der Waals surface area contributed by atoms with Gasteiger partial charge in [0.25, 0.3) is 0 Å². The first-order valence-corrected chi connectivity index (χ1v) is 14.4. The van der Waals surface area contributed by atoms with Crippen molar-refractivity contribution in [2.45, 2.75) is 25.2 Å². The van der Waals surface area contributed by atoms with Gasteiger partial charge in [-0.1, -0.05) is 135 Å². The Balaban J connectivity index is 0.000000694. The van der Waals surface area contributed by atoms with Gasteiger partial charge in [-0.2, -0.15) is 0 Å². The van der Waals surface area contributed by atoms with Crippen LogP contribution in [0.1, 0.15) is 19.8 Å². The van der Waals surface area contributed by atoms with Gasteiger partial charge in [-0.25, -0.2) is 0 Å². The second kappa shape index (κ2) is 15.4. The van der Waals surface area contributed by atoms with Gasteiger partial charge in [-0.05, 0) is 43.5 Å². The number of halogens is 4. The normalized spacial score (nSPS) is 11.1. The fourth-order valence-electron chi connectivity index (χ4n) is 3.97. The summed E-state index contributed by atoms with van der Waals surface area (Å²) in [6, 6.07) is 44.8. The summed E-state index contributed by atoms with van der Waals surface area (Å²) in [6.07, 6.45) is 2.42. The molecule has 4 aromatic rings. The number of benzene rings is 4. The quantitative estimate of drug-likeness (QED) is 0.108. The number of rotatable bonds is 8. The molecule has 0 saturated heterocycles. The number of hydrogen-bond donors (Lipinski definition) is 0.